The van der Waals surface area contributed by atoms with Gasteiger partial charge in [0.05, 0.1) is 4.92 Å². The number of rotatable bonds is 7. The lowest BCUT2D eigenvalue weighted by molar-refractivity contribution is -0.385. The van der Waals surface area contributed by atoms with Crippen molar-refractivity contribution in [2.24, 2.45) is 5.92 Å². The van der Waals surface area contributed by atoms with E-state index in [0.717, 1.165) is 19.5 Å². The van der Waals surface area contributed by atoms with Crippen molar-refractivity contribution in [1.82, 2.24) is 5.32 Å². The number of nitro benzene ring substituents is 1. The van der Waals surface area contributed by atoms with Gasteiger partial charge in [0.25, 0.3) is 5.91 Å². The highest BCUT2D eigenvalue weighted by Crippen LogP contribution is 2.26. The summed E-state index contributed by atoms with van der Waals surface area (Å²) in [5.74, 6) is 0.204. The molecule has 0 aromatic heterocycles. The average molecular weight is 355 g/mol. The zero-order valence-corrected chi connectivity index (χ0v) is 14.3. The van der Waals surface area contributed by atoms with Crippen LogP contribution in [-0.2, 0) is 4.79 Å². The third kappa shape index (κ3) is 4.50. The van der Waals surface area contributed by atoms with Gasteiger partial charge in [0, 0.05) is 31.4 Å². The second-order valence-electron chi connectivity index (χ2n) is 6.25. The summed E-state index contributed by atoms with van der Waals surface area (Å²) in [6, 6.07) is 16.2. The number of ether oxygens (including phenoxy) is 1. The Morgan fingerprint density at radius 2 is 1.92 bits per heavy atom. The topological polar surface area (TPSA) is 84.7 Å². The van der Waals surface area contributed by atoms with E-state index in [9.17, 15) is 14.9 Å². The van der Waals surface area contributed by atoms with Gasteiger partial charge in [0.1, 0.15) is 0 Å². The van der Waals surface area contributed by atoms with Crippen molar-refractivity contribution < 1.29 is 14.5 Å². The number of nitro groups is 1. The molecule has 1 aliphatic rings. The minimum absolute atomic E-state index is 0.101. The maximum absolute atomic E-state index is 12.0. The molecule has 1 atom stereocenters. The number of carbonyl (C=O) groups is 1. The van der Waals surface area contributed by atoms with Crippen LogP contribution in [-0.4, -0.2) is 37.1 Å². The molecule has 26 heavy (non-hydrogen) atoms. The molecule has 1 N–H and O–H groups in total. The molecule has 7 nitrogen and oxygen atoms in total. The van der Waals surface area contributed by atoms with Crippen molar-refractivity contribution in [2.45, 2.75) is 6.42 Å². The maximum atomic E-state index is 12.0. The molecule has 1 amide bonds. The highest BCUT2D eigenvalue weighted by molar-refractivity contribution is 5.77. The molecule has 0 saturated carbocycles. The van der Waals surface area contributed by atoms with Gasteiger partial charge in [-0.05, 0) is 30.5 Å². The van der Waals surface area contributed by atoms with Gasteiger partial charge in [0.15, 0.2) is 12.4 Å². The molecule has 136 valence electrons. The summed E-state index contributed by atoms with van der Waals surface area (Å²) in [6.07, 6.45) is 1.01. The Morgan fingerprint density at radius 1 is 1.19 bits per heavy atom. The summed E-state index contributed by atoms with van der Waals surface area (Å²) in [5, 5.41) is 13.8. The van der Waals surface area contributed by atoms with Crippen molar-refractivity contribution >= 4 is 17.3 Å². The van der Waals surface area contributed by atoms with Crippen LogP contribution in [0.4, 0.5) is 11.4 Å². The first kappa shape index (κ1) is 17.7. The zero-order chi connectivity index (χ0) is 18.4. The standard InChI is InChI=1S/C19H21N3O4/c23-19(14-26-18-9-5-4-8-17(18)22(24)25)20-12-15-10-11-21(13-15)16-6-2-1-3-7-16/h1-9,15H,10-14H2,(H,20,23)/t15-/m0/s1. The second kappa shape index (κ2) is 8.33. The van der Waals surface area contributed by atoms with Gasteiger partial charge >= 0.3 is 5.69 Å². The molecule has 1 saturated heterocycles. The Balaban J connectivity index is 1.43. The fraction of sp³-hybridized carbons (Fsp3) is 0.316. The molecule has 2 aromatic rings. The molecular weight excluding hydrogens is 334 g/mol. The average Bonchev–Trinajstić information content (AvgIpc) is 3.14. The molecular formula is C19H21N3O4. The Kier molecular flexibility index (Phi) is 5.68. The molecule has 1 aliphatic heterocycles. The van der Waals surface area contributed by atoms with E-state index in [1.807, 2.05) is 18.2 Å². The zero-order valence-electron chi connectivity index (χ0n) is 14.3. The summed E-state index contributed by atoms with van der Waals surface area (Å²) in [4.78, 5) is 24.7. The van der Waals surface area contributed by atoms with E-state index >= 15 is 0 Å². The number of amides is 1. The van der Waals surface area contributed by atoms with E-state index < -0.39 is 4.92 Å². The first-order valence-corrected chi connectivity index (χ1v) is 8.56. The largest absolute Gasteiger partial charge is 0.477 e. The molecule has 1 fully saturated rings. The summed E-state index contributed by atoms with van der Waals surface area (Å²) < 4.78 is 5.30. The van der Waals surface area contributed by atoms with Crippen LogP contribution in [0.15, 0.2) is 54.6 Å². The van der Waals surface area contributed by atoms with Crippen molar-refractivity contribution in [3.8, 4) is 5.75 Å². The summed E-state index contributed by atoms with van der Waals surface area (Å²) in [5.41, 5.74) is 1.05. The molecule has 1 heterocycles. The fourth-order valence-corrected chi connectivity index (χ4v) is 3.06. The Labute approximate surface area is 151 Å². The summed E-state index contributed by atoms with van der Waals surface area (Å²) >= 11 is 0. The molecule has 0 spiro atoms. The smallest absolute Gasteiger partial charge is 0.310 e. The molecule has 2 aromatic carbocycles. The summed E-state index contributed by atoms with van der Waals surface area (Å²) in [6.45, 7) is 2.20. The molecule has 0 aliphatic carbocycles. The number of benzene rings is 2. The Morgan fingerprint density at radius 3 is 2.69 bits per heavy atom. The molecule has 0 radical (unpaired) electrons. The monoisotopic (exact) mass is 355 g/mol. The van der Waals surface area contributed by atoms with E-state index in [1.54, 1.807) is 12.1 Å². The number of anilines is 1. The first-order valence-electron chi connectivity index (χ1n) is 8.56. The van der Waals surface area contributed by atoms with E-state index in [-0.39, 0.29) is 24.0 Å². The van der Waals surface area contributed by atoms with Crippen LogP contribution in [0.25, 0.3) is 0 Å². The van der Waals surface area contributed by atoms with Crippen LogP contribution in [0.5, 0.6) is 5.75 Å². The molecule has 7 heteroatoms. The number of nitrogens with zero attached hydrogens (tertiary/aromatic N) is 2. The van der Waals surface area contributed by atoms with Crippen molar-refractivity contribution in [3.05, 3.63) is 64.7 Å². The van der Waals surface area contributed by atoms with Crippen molar-refractivity contribution in [1.29, 1.82) is 0 Å². The molecule has 3 rings (SSSR count). The predicted molar refractivity (Wildman–Crippen MR) is 98.4 cm³/mol. The van der Waals surface area contributed by atoms with Gasteiger partial charge in [-0.25, -0.2) is 0 Å². The minimum Gasteiger partial charge on any atom is -0.477 e. The van der Waals surface area contributed by atoms with Crippen molar-refractivity contribution in [3.63, 3.8) is 0 Å². The van der Waals surface area contributed by atoms with Crippen LogP contribution in [0.3, 0.4) is 0 Å². The van der Waals surface area contributed by atoms with Crippen LogP contribution in [0.1, 0.15) is 6.42 Å². The summed E-state index contributed by atoms with van der Waals surface area (Å²) in [7, 11) is 0. The quantitative estimate of drug-likeness (QED) is 0.610. The van der Waals surface area contributed by atoms with Gasteiger partial charge in [-0.1, -0.05) is 30.3 Å². The maximum Gasteiger partial charge on any atom is 0.310 e. The van der Waals surface area contributed by atoms with Crippen LogP contribution in [0.2, 0.25) is 0 Å². The van der Waals surface area contributed by atoms with E-state index in [0.29, 0.717) is 12.5 Å². The van der Waals surface area contributed by atoms with Gasteiger partial charge in [-0.3, -0.25) is 14.9 Å². The van der Waals surface area contributed by atoms with Gasteiger partial charge < -0.3 is 15.0 Å². The van der Waals surface area contributed by atoms with Gasteiger partial charge in [0.2, 0.25) is 0 Å². The normalized spacial score (nSPS) is 16.3. The second-order valence-corrected chi connectivity index (χ2v) is 6.25. The molecule has 0 unspecified atom stereocenters. The lowest BCUT2D eigenvalue weighted by Crippen LogP contribution is -2.34. The number of nitrogens with one attached hydrogen (secondary N) is 1. The van der Waals surface area contributed by atoms with Gasteiger partial charge in [-0.15, -0.1) is 0 Å². The number of hydrogen-bond acceptors (Lipinski definition) is 5. The number of hydrogen-bond donors (Lipinski definition) is 1. The van der Waals surface area contributed by atoms with E-state index in [4.69, 9.17) is 4.74 Å². The highest BCUT2D eigenvalue weighted by atomic mass is 16.6. The molecule has 0 bridgehead atoms. The number of para-hydroxylation sites is 3. The fourth-order valence-electron chi connectivity index (χ4n) is 3.06. The Hall–Kier alpha value is -3.09. The lowest BCUT2D eigenvalue weighted by atomic mass is 10.1. The Bertz CT molecular complexity index is 766. The van der Waals surface area contributed by atoms with Crippen LogP contribution < -0.4 is 15.0 Å². The van der Waals surface area contributed by atoms with Crippen LogP contribution >= 0.6 is 0 Å². The van der Waals surface area contributed by atoms with E-state index in [2.05, 4.69) is 22.3 Å². The third-order valence-electron chi connectivity index (χ3n) is 4.42. The highest BCUT2D eigenvalue weighted by Gasteiger charge is 2.23. The van der Waals surface area contributed by atoms with Gasteiger partial charge in [-0.2, -0.15) is 0 Å². The first-order chi connectivity index (χ1) is 12.6. The van der Waals surface area contributed by atoms with Crippen molar-refractivity contribution in [2.75, 3.05) is 31.1 Å². The van der Waals surface area contributed by atoms with E-state index in [1.165, 1.54) is 17.8 Å². The lowest BCUT2D eigenvalue weighted by Gasteiger charge is -2.18. The predicted octanol–water partition coefficient (Wildman–Crippen LogP) is 2.62. The minimum atomic E-state index is -0.524. The van der Waals surface area contributed by atoms with Crippen LogP contribution in [0, 0.1) is 16.0 Å². The third-order valence-corrected chi connectivity index (χ3v) is 4.42. The SMILES string of the molecule is O=C(COc1ccccc1[N+](=O)[O-])NC[C@@H]1CCN(c2ccccc2)C1. The number of carbonyl (C=O) groups excluding carboxylic acids is 1.